The molecule has 0 bridgehead atoms. The summed E-state index contributed by atoms with van der Waals surface area (Å²) in [5, 5.41) is 19.8. The van der Waals surface area contributed by atoms with Gasteiger partial charge in [0, 0.05) is 0 Å². The van der Waals surface area contributed by atoms with Crippen LogP contribution in [0.1, 0.15) is 0 Å². The van der Waals surface area contributed by atoms with Crippen LogP contribution in [-0.2, 0) is 0 Å². The van der Waals surface area contributed by atoms with Crippen molar-refractivity contribution in [1.82, 2.24) is 10.0 Å². The first-order chi connectivity index (χ1) is 5.11. The van der Waals surface area contributed by atoms with Gasteiger partial charge in [-0.3, -0.25) is 0 Å². The molecular formula is C3H4N4O4. The number of hydrazine groups is 2. The average molecular weight is 160 g/mol. The maximum Gasteiger partial charge on any atom is 0.217 e. The van der Waals surface area contributed by atoms with Gasteiger partial charge < -0.3 is 0 Å². The van der Waals surface area contributed by atoms with Crippen LogP contribution >= 0.6 is 0 Å². The molecule has 0 unspecified atom stereocenters. The molecule has 8 nitrogen and oxygen atoms in total. The van der Waals surface area contributed by atoms with E-state index in [1.54, 1.807) is 0 Å². The van der Waals surface area contributed by atoms with Crippen LogP contribution in [0.25, 0.3) is 0 Å². The van der Waals surface area contributed by atoms with Gasteiger partial charge in [-0.1, -0.05) is 10.0 Å². The molecule has 0 atom stereocenters. The smallest absolute Gasteiger partial charge is 0.217 e. The van der Waals surface area contributed by atoms with Gasteiger partial charge in [0.05, 0.1) is 12.4 Å². The second-order valence-corrected chi connectivity index (χ2v) is 1.79. The van der Waals surface area contributed by atoms with E-state index in [9.17, 15) is 20.2 Å². The van der Waals surface area contributed by atoms with Crippen molar-refractivity contribution < 1.29 is 10.1 Å². The number of nitrogens with zero attached hydrogens (tertiary/aromatic N) is 4. The van der Waals surface area contributed by atoms with Crippen LogP contribution in [0, 0.1) is 20.2 Å². The van der Waals surface area contributed by atoms with Gasteiger partial charge in [-0.2, -0.15) is 0 Å². The lowest BCUT2D eigenvalue weighted by molar-refractivity contribution is -0.684. The maximum absolute atomic E-state index is 10.0. The van der Waals surface area contributed by atoms with E-state index in [0.29, 0.717) is 10.0 Å². The van der Waals surface area contributed by atoms with Gasteiger partial charge in [0.25, 0.3) is 0 Å². The fourth-order valence-electron chi connectivity index (χ4n) is 0.609. The molecule has 1 aliphatic rings. The molecule has 0 aromatic carbocycles. The monoisotopic (exact) mass is 160 g/mol. The summed E-state index contributed by atoms with van der Waals surface area (Å²) in [6, 6.07) is 0. The second kappa shape index (κ2) is 2.40. The SMILES string of the molecule is O=[N+]([O-])N1C=CN([N+](=O)[O-])C1. The topological polar surface area (TPSA) is 92.8 Å². The van der Waals surface area contributed by atoms with Crippen molar-refractivity contribution in [2.45, 2.75) is 0 Å². The Morgan fingerprint density at radius 3 is 1.64 bits per heavy atom. The van der Waals surface area contributed by atoms with Gasteiger partial charge in [0.15, 0.2) is 10.1 Å². The molecule has 0 spiro atoms. The van der Waals surface area contributed by atoms with E-state index >= 15 is 0 Å². The molecule has 11 heavy (non-hydrogen) atoms. The third-order valence-electron chi connectivity index (χ3n) is 1.12. The van der Waals surface area contributed by atoms with Crippen molar-refractivity contribution in [2.24, 2.45) is 0 Å². The Bertz CT molecular complexity index is 203. The zero-order valence-corrected chi connectivity index (χ0v) is 5.28. The summed E-state index contributed by atoms with van der Waals surface area (Å²) in [6.07, 6.45) is 2.06. The molecule has 1 rings (SSSR count). The summed E-state index contributed by atoms with van der Waals surface area (Å²) >= 11 is 0. The minimum absolute atomic E-state index is 0.347. The normalized spacial score (nSPS) is 15.6. The minimum Gasteiger partial charge on any atom is -0.234 e. The molecule has 60 valence electrons. The number of rotatable bonds is 2. The van der Waals surface area contributed by atoms with Crippen LogP contribution < -0.4 is 0 Å². The van der Waals surface area contributed by atoms with E-state index in [1.165, 1.54) is 0 Å². The Morgan fingerprint density at radius 2 is 1.45 bits per heavy atom. The summed E-state index contributed by atoms with van der Waals surface area (Å²) in [5.41, 5.74) is 0. The second-order valence-electron chi connectivity index (χ2n) is 1.79. The molecule has 0 aliphatic carbocycles. The van der Waals surface area contributed by atoms with Crippen molar-refractivity contribution in [1.29, 1.82) is 0 Å². The number of hydrogen-bond acceptors (Lipinski definition) is 4. The average Bonchev–Trinajstić information content (AvgIpc) is 2.33. The Morgan fingerprint density at radius 1 is 1.09 bits per heavy atom. The molecule has 1 heterocycles. The van der Waals surface area contributed by atoms with Gasteiger partial charge in [0.2, 0.25) is 6.67 Å². The standard InChI is InChI=1S/C3H4N4O4/c8-6(9)4-1-2-5(3-4)7(10)11/h1-2H,3H2. The highest BCUT2D eigenvalue weighted by atomic mass is 16.7. The van der Waals surface area contributed by atoms with E-state index in [-0.39, 0.29) is 6.67 Å². The van der Waals surface area contributed by atoms with Crippen LogP contribution in [0.2, 0.25) is 0 Å². The molecule has 0 N–H and O–H groups in total. The van der Waals surface area contributed by atoms with E-state index in [1.807, 2.05) is 0 Å². The Kier molecular flexibility index (Phi) is 1.58. The summed E-state index contributed by atoms with van der Waals surface area (Å²) < 4.78 is 0. The predicted molar refractivity (Wildman–Crippen MR) is 31.7 cm³/mol. The van der Waals surface area contributed by atoms with Crippen molar-refractivity contribution in [3.63, 3.8) is 0 Å². The molecule has 8 heteroatoms. The van der Waals surface area contributed by atoms with Gasteiger partial charge in [0.1, 0.15) is 0 Å². The summed E-state index contributed by atoms with van der Waals surface area (Å²) in [6.45, 7) is -0.347. The fourth-order valence-corrected chi connectivity index (χ4v) is 0.609. The van der Waals surface area contributed by atoms with Crippen molar-refractivity contribution in [2.75, 3.05) is 6.67 Å². The van der Waals surface area contributed by atoms with Crippen LogP contribution in [-0.4, -0.2) is 26.8 Å². The lowest BCUT2D eigenvalue weighted by Gasteiger charge is -2.04. The summed E-state index contributed by atoms with van der Waals surface area (Å²) in [5.74, 6) is 0. The highest BCUT2D eigenvalue weighted by Gasteiger charge is 2.26. The van der Waals surface area contributed by atoms with Crippen molar-refractivity contribution >= 4 is 0 Å². The fraction of sp³-hybridized carbons (Fsp3) is 0.333. The maximum atomic E-state index is 10.0. The van der Waals surface area contributed by atoms with E-state index in [4.69, 9.17) is 0 Å². The van der Waals surface area contributed by atoms with Crippen LogP contribution in [0.15, 0.2) is 12.4 Å². The highest BCUT2D eigenvalue weighted by molar-refractivity contribution is 4.81. The van der Waals surface area contributed by atoms with Crippen LogP contribution in [0.5, 0.6) is 0 Å². The van der Waals surface area contributed by atoms with E-state index in [0.717, 1.165) is 12.4 Å². The third kappa shape index (κ3) is 1.34. The number of hydrogen-bond donors (Lipinski definition) is 0. The first-order valence-corrected chi connectivity index (χ1v) is 2.61. The molecule has 1 aliphatic heterocycles. The lowest BCUT2D eigenvalue weighted by atomic mass is 10.9. The molecule has 0 amide bonds. The molecule has 0 saturated carbocycles. The zero-order chi connectivity index (χ0) is 8.43. The third-order valence-corrected chi connectivity index (χ3v) is 1.12. The Hall–Kier alpha value is -1.86. The van der Waals surface area contributed by atoms with Gasteiger partial charge in [-0.05, 0) is 0 Å². The summed E-state index contributed by atoms with van der Waals surface area (Å²) in [4.78, 5) is 20.0. The molecule has 0 saturated heterocycles. The quantitative estimate of drug-likeness (QED) is 0.396. The van der Waals surface area contributed by atoms with Crippen molar-refractivity contribution in [3.05, 3.63) is 32.6 Å². The Balaban J connectivity index is 2.56. The van der Waals surface area contributed by atoms with E-state index < -0.39 is 10.1 Å². The molecule has 0 aromatic rings. The first kappa shape index (κ1) is 7.25. The largest absolute Gasteiger partial charge is 0.234 e. The van der Waals surface area contributed by atoms with E-state index in [2.05, 4.69) is 0 Å². The van der Waals surface area contributed by atoms with Crippen molar-refractivity contribution in [3.8, 4) is 0 Å². The molecular weight excluding hydrogens is 156 g/mol. The Labute approximate surface area is 60.5 Å². The number of nitro groups is 2. The summed E-state index contributed by atoms with van der Waals surface area (Å²) in [7, 11) is 0. The molecule has 0 aromatic heterocycles. The molecule has 0 radical (unpaired) electrons. The van der Waals surface area contributed by atoms with Gasteiger partial charge in [-0.25, -0.2) is 20.2 Å². The highest BCUT2D eigenvalue weighted by Crippen LogP contribution is 2.04. The van der Waals surface area contributed by atoms with Crippen LogP contribution in [0.3, 0.4) is 0 Å². The minimum atomic E-state index is -0.722. The van der Waals surface area contributed by atoms with Crippen LogP contribution in [0.4, 0.5) is 0 Å². The molecule has 0 fully saturated rings. The zero-order valence-electron chi connectivity index (χ0n) is 5.28. The first-order valence-electron chi connectivity index (χ1n) is 2.61. The predicted octanol–water partition coefficient (Wildman–Crippen LogP) is -0.584. The lowest BCUT2D eigenvalue weighted by Crippen LogP contribution is -2.32. The van der Waals surface area contributed by atoms with Gasteiger partial charge >= 0.3 is 0 Å². The van der Waals surface area contributed by atoms with Gasteiger partial charge in [-0.15, -0.1) is 0 Å².